The van der Waals surface area contributed by atoms with E-state index in [0.29, 0.717) is 23.2 Å². The van der Waals surface area contributed by atoms with Crippen LogP contribution in [0.2, 0.25) is 0 Å². The lowest BCUT2D eigenvalue weighted by Crippen LogP contribution is -2.15. The molecule has 2 rings (SSSR count). The Morgan fingerprint density at radius 3 is 2.83 bits per heavy atom. The summed E-state index contributed by atoms with van der Waals surface area (Å²) in [5.74, 6) is 0. The number of hydrogen-bond donors (Lipinski definition) is 2. The molecule has 1 amide bonds. The van der Waals surface area contributed by atoms with Crippen molar-refractivity contribution in [3.8, 4) is 11.1 Å². The summed E-state index contributed by atoms with van der Waals surface area (Å²) < 4.78 is 18.3. The monoisotopic (exact) mass is 316 g/mol. The Morgan fingerprint density at radius 2 is 2.22 bits per heavy atom. The van der Waals surface area contributed by atoms with Gasteiger partial charge in [-0.1, -0.05) is 18.2 Å². The highest BCUT2D eigenvalue weighted by Gasteiger charge is 2.11. The first-order valence-electron chi connectivity index (χ1n) is 6.88. The number of ether oxygens (including phenoxy) is 1. The second-order valence-corrected chi connectivity index (χ2v) is 4.78. The van der Waals surface area contributed by atoms with E-state index in [1.54, 1.807) is 29.9 Å². The number of carbonyl (C=O) groups excluding carboxylic acids is 1. The largest absolute Gasteiger partial charge is 0.378 e. The lowest BCUT2D eigenvalue weighted by Gasteiger charge is -2.11. The normalized spacial score (nSPS) is 11.2. The van der Waals surface area contributed by atoms with Gasteiger partial charge in [-0.25, -0.2) is 11.0 Å². The second kappa shape index (κ2) is 8.00. The number of methoxy groups -OCH3 is 1. The van der Waals surface area contributed by atoms with Gasteiger partial charge in [0.25, 0.3) is 0 Å². The Morgan fingerprint density at radius 1 is 1.39 bits per heavy atom. The molecule has 1 aromatic heterocycles. The van der Waals surface area contributed by atoms with Gasteiger partial charge in [0.15, 0.2) is 0 Å². The number of hydrazone groups is 1. The molecule has 2 N–H and O–H groups in total. The fourth-order valence-electron chi connectivity index (χ4n) is 2.10. The van der Waals surface area contributed by atoms with Crippen LogP contribution in [0.3, 0.4) is 0 Å². The van der Waals surface area contributed by atoms with Crippen molar-refractivity contribution in [3.05, 3.63) is 47.8 Å². The summed E-state index contributed by atoms with van der Waals surface area (Å²) in [6.45, 7) is 2.06. The standard InChI is InChI=1S/C16H17FN4O2/c1-11-3-4-13(8-18-11)14-6-5-12(7-15(14)20-17)16(9-23-2)21-19-10-22/h3-8,10,20H,9H2,1-2H3,(H,19,22)/b21-16+. The fraction of sp³-hybridized carbons (Fsp3) is 0.188. The average molecular weight is 316 g/mol. The van der Waals surface area contributed by atoms with Crippen molar-refractivity contribution in [1.82, 2.24) is 10.4 Å². The summed E-state index contributed by atoms with van der Waals surface area (Å²) in [7, 11) is 1.51. The summed E-state index contributed by atoms with van der Waals surface area (Å²) in [5, 5.41) is 3.90. The van der Waals surface area contributed by atoms with E-state index in [0.717, 1.165) is 11.3 Å². The maximum absolute atomic E-state index is 13.2. The third kappa shape index (κ3) is 4.10. The van der Waals surface area contributed by atoms with Crippen molar-refractivity contribution >= 4 is 17.8 Å². The van der Waals surface area contributed by atoms with Crippen LogP contribution in [0.25, 0.3) is 11.1 Å². The number of pyridine rings is 1. The lowest BCUT2D eigenvalue weighted by atomic mass is 10.0. The van der Waals surface area contributed by atoms with E-state index in [-0.39, 0.29) is 12.3 Å². The quantitative estimate of drug-likeness (QED) is 0.356. The molecule has 0 bridgehead atoms. The van der Waals surface area contributed by atoms with Gasteiger partial charge in [-0.3, -0.25) is 9.78 Å². The molecule has 7 heteroatoms. The number of halogens is 1. The lowest BCUT2D eigenvalue weighted by molar-refractivity contribution is -0.109. The Balaban J connectivity index is 2.42. The van der Waals surface area contributed by atoms with E-state index in [1.165, 1.54) is 7.11 Å². The van der Waals surface area contributed by atoms with Crippen molar-refractivity contribution in [3.63, 3.8) is 0 Å². The fourth-order valence-corrected chi connectivity index (χ4v) is 2.10. The van der Waals surface area contributed by atoms with Crippen LogP contribution in [0.5, 0.6) is 0 Å². The Labute approximate surface area is 133 Å². The van der Waals surface area contributed by atoms with Crippen LogP contribution < -0.4 is 11.0 Å². The van der Waals surface area contributed by atoms with Crippen molar-refractivity contribution < 1.29 is 14.0 Å². The van der Waals surface area contributed by atoms with Crippen molar-refractivity contribution in [2.24, 2.45) is 5.10 Å². The summed E-state index contributed by atoms with van der Waals surface area (Å²) in [6, 6.07) is 8.86. The zero-order chi connectivity index (χ0) is 16.7. The van der Waals surface area contributed by atoms with E-state index in [9.17, 15) is 9.28 Å². The molecule has 0 aliphatic carbocycles. The summed E-state index contributed by atoms with van der Waals surface area (Å²) >= 11 is 0. The number of nitrogens with one attached hydrogen (secondary N) is 2. The SMILES string of the molecule is COC/C(=N\NC=O)c1ccc(-c2ccc(C)nc2)c(NF)c1. The average Bonchev–Trinajstić information content (AvgIpc) is 2.59. The number of aryl methyl sites for hydroxylation is 1. The van der Waals surface area contributed by atoms with Gasteiger partial charge in [0.1, 0.15) is 0 Å². The minimum atomic E-state index is 0.179. The zero-order valence-corrected chi connectivity index (χ0v) is 12.8. The highest BCUT2D eigenvalue weighted by atomic mass is 19.2. The van der Waals surface area contributed by atoms with Crippen molar-refractivity contribution in [1.29, 1.82) is 0 Å². The molecule has 0 fully saturated rings. The third-order valence-corrected chi connectivity index (χ3v) is 3.21. The van der Waals surface area contributed by atoms with Crippen LogP contribution in [-0.2, 0) is 9.53 Å². The van der Waals surface area contributed by atoms with E-state index in [2.05, 4.69) is 15.5 Å². The minimum Gasteiger partial charge on any atom is -0.378 e. The Kier molecular flexibility index (Phi) is 5.76. The molecule has 0 radical (unpaired) electrons. The number of nitrogens with zero attached hydrogens (tertiary/aromatic N) is 2. The first-order chi connectivity index (χ1) is 11.2. The maximum atomic E-state index is 13.2. The van der Waals surface area contributed by atoms with Gasteiger partial charge in [0, 0.05) is 35.7 Å². The number of rotatable bonds is 7. The van der Waals surface area contributed by atoms with Gasteiger partial charge in [0.2, 0.25) is 6.41 Å². The molecule has 0 unspecified atom stereocenters. The van der Waals surface area contributed by atoms with Crippen LogP contribution in [0, 0.1) is 6.92 Å². The predicted molar refractivity (Wildman–Crippen MR) is 86.8 cm³/mol. The molecule has 0 atom stereocenters. The number of carbonyl (C=O) groups is 1. The molecule has 1 aromatic carbocycles. The number of hydrogen-bond acceptors (Lipinski definition) is 5. The first-order valence-corrected chi connectivity index (χ1v) is 6.88. The van der Waals surface area contributed by atoms with E-state index < -0.39 is 0 Å². The third-order valence-electron chi connectivity index (χ3n) is 3.21. The second-order valence-electron chi connectivity index (χ2n) is 4.78. The van der Waals surface area contributed by atoms with E-state index >= 15 is 0 Å². The maximum Gasteiger partial charge on any atom is 0.227 e. The molecule has 2 aromatic rings. The van der Waals surface area contributed by atoms with Crippen molar-refractivity contribution in [2.75, 3.05) is 19.3 Å². The molecule has 0 aliphatic rings. The number of anilines is 1. The highest BCUT2D eigenvalue weighted by molar-refractivity contribution is 6.03. The molecule has 1 heterocycles. The molecule has 0 aliphatic heterocycles. The summed E-state index contributed by atoms with van der Waals surface area (Å²) in [6.07, 6.45) is 2.14. The summed E-state index contributed by atoms with van der Waals surface area (Å²) in [4.78, 5) is 14.6. The van der Waals surface area contributed by atoms with E-state index in [4.69, 9.17) is 4.74 Å². The number of amides is 1. The number of aromatic nitrogens is 1. The zero-order valence-electron chi connectivity index (χ0n) is 12.8. The van der Waals surface area contributed by atoms with Crippen molar-refractivity contribution in [2.45, 2.75) is 6.92 Å². The number of benzene rings is 1. The Bertz CT molecular complexity index is 702. The summed E-state index contributed by atoms with van der Waals surface area (Å²) in [5.41, 5.74) is 7.64. The topological polar surface area (TPSA) is 75.6 Å². The van der Waals surface area contributed by atoms with Gasteiger partial charge in [-0.2, -0.15) is 5.10 Å². The molecule has 0 saturated heterocycles. The molecule has 6 nitrogen and oxygen atoms in total. The first kappa shape index (κ1) is 16.6. The smallest absolute Gasteiger partial charge is 0.227 e. The van der Waals surface area contributed by atoms with Crippen LogP contribution >= 0.6 is 0 Å². The van der Waals surface area contributed by atoms with Gasteiger partial charge in [-0.15, -0.1) is 4.48 Å². The van der Waals surface area contributed by atoms with Gasteiger partial charge in [0.05, 0.1) is 18.0 Å². The predicted octanol–water partition coefficient (Wildman–Crippen LogP) is 2.45. The Hall–Kier alpha value is -2.80. The molecule has 120 valence electrons. The van der Waals surface area contributed by atoms with Gasteiger partial charge in [-0.05, 0) is 19.1 Å². The molecule has 23 heavy (non-hydrogen) atoms. The van der Waals surface area contributed by atoms with Crippen LogP contribution in [0.4, 0.5) is 10.2 Å². The molecule has 0 saturated carbocycles. The molecule has 0 spiro atoms. The molecular formula is C16H17FN4O2. The van der Waals surface area contributed by atoms with Crippen LogP contribution in [-0.4, -0.2) is 30.8 Å². The highest BCUT2D eigenvalue weighted by Crippen LogP contribution is 2.29. The van der Waals surface area contributed by atoms with Crippen LogP contribution in [0.1, 0.15) is 11.3 Å². The van der Waals surface area contributed by atoms with E-state index in [1.807, 2.05) is 19.1 Å². The van der Waals surface area contributed by atoms with Gasteiger partial charge < -0.3 is 4.74 Å². The minimum absolute atomic E-state index is 0.179. The van der Waals surface area contributed by atoms with Gasteiger partial charge >= 0.3 is 0 Å². The molecular weight excluding hydrogens is 299 g/mol. The van der Waals surface area contributed by atoms with Crippen LogP contribution in [0.15, 0.2) is 41.6 Å².